The number of nitrogens with zero attached hydrogens (tertiary/aromatic N) is 4. The quantitative estimate of drug-likeness (QED) is 0.857. The monoisotopic (exact) mass is 355 g/mol. The van der Waals surface area contributed by atoms with E-state index in [1.165, 1.54) is 6.33 Å². The summed E-state index contributed by atoms with van der Waals surface area (Å²) in [6.07, 6.45) is 6.38. The summed E-state index contributed by atoms with van der Waals surface area (Å²) in [6.45, 7) is 3.93. The smallest absolute Gasteiger partial charge is 0.253 e. The number of amides is 2. The molecule has 2 amide bonds. The Hall–Kier alpha value is -2.70. The zero-order valence-corrected chi connectivity index (χ0v) is 15.1. The molecule has 7 heteroatoms. The van der Waals surface area contributed by atoms with Crippen LogP contribution >= 0.6 is 0 Å². The highest BCUT2D eigenvalue weighted by Gasteiger charge is 2.25. The number of aromatic nitrogens is 3. The Morgan fingerprint density at radius 1 is 1.27 bits per heavy atom. The molecule has 26 heavy (non-hydrogen) atoms. The van der Waals surface area contributed by atoms with Gasteiger partial charge in [0.1, 0.15) is 12.7 Å². The van der Waals surface area contributed by atoms with Crippen LogP contribution < -0.4 is 5.32 Å². The molecule has 138 valence electrons. The van der Waals surface area contributed by atoms with Crippen molar-refractivity contribution in [2.75, 3.05) is 13.1 Å². The summed E-state index contributed by atoms with van der Waals surface area (Å²) in [5.74, 6) is 0.0935. The molecule has 1 N–H and O–H groups in total. The predicted octanol–water partition coefficient (Wildman–Crippen LogP) is 1.85. The topological polar surface area (TPSA) is 80.1 Å². The van der Waals surface area contributed by atoms with Crippen molar-refractivity contribution in [2.24, 2.45) is 0 Å². The highest BCUT2D eigenvalue weighted by Crippen LogP contribution is 2.15. The van der Waals surface area contributed by atoms with E-state index in [1.807, 2.05) is 36.1 Å². The fourth-order valence-corrected chi connectivity index (χ4v) is 3.24. The molecule has 1 aromatic heterocycles. The number of nitrogens with one attached hydrogen (secondary N) is 1. The Balaban J connectivity index is 1.58. The van der Waals surface area contributed by atoms with E-state index < -0.39 is 0 Å². The van der Waals surface area contributed by atoms with Crippen LogP contribution in [0.2, 0.25) is 0 Å². The maximum atomic E-state index is 12.8. The van der Waals surface area contributed by atoms with Crippen LogP contribution in [-0.2, 0) is 11.3 Å². The van der Waals surface area contributed by atoms with Crippen LogP contribution in [0.4, 0.5) is 0 Å². The zero-order valence-electron chi connectivity index (χ0n) is 15.1. The Morgan fingerprint density at radius 3 is 2.77 bits per heavy atom. The predicted molar refractivity (Wildman–Crippen MR) is 97.5 cm³/mol. The van der Waals surface area contributed by atoms with Crippen LogP contribution in [0, 0.1) is 0 Å². The highest BCUT2D eigenvalue weighted by molar-refractivity contribution is 5.94. The third kappa shape index (κ3) is 4.68. The van der Waals surface area contributed by atoms with E-state index in [2.05, 4.69) is 15.4 Å². The largest absolute Gasteiger partial charge is 0.352 e. The van der Waals surface area contributed by atoms with Crippen molar-refractivity contribution in [1.29, 1.82) is 0 Å². The van der Waals surface area contributed by atoms with Crippen molar-refractivity contribution in [3.8, 4) is 0 Å². The lowest BCUT2D eigenvalue weighted by atomic mass is 10.0. The summed E-state index contributed by atoms with van der Waals surface area (Å²) >= 11 is 0. The molecule has 2 aromatic rings. The van der Waals surface area contributed by atoms with Crippen LogP contribution in [-0.4, -0.2) is 50.6 Å². The summed E-state index contributed by atoms with van der Waals surface area (Å²) in [5, 5.41) is 7.12. The van der Waals surface area contributed by atoms with Crippen molar-refractivity contribution in [3.05, 3.63) is 48.0 Å². The van der Waals surface area contributed by atoms with Gasteiger partial charge in [0.25, 0.3) is 5.91 Å². The van der Waals surface area contributed by atoms with Crippen LogP contribution in [0.5, 0.6) is 0 Å². The first-order valence-electron chi connectivity index (χ1n) is 9.15. The summed E-state index contributed by atoms with van der Waals surface area (Å²) in [4.78, 5) is 30.3. The first-order valence-corrected chi connectivity index (χ1v) is 9.15. The van der Waals surface area contributed by atoms with Gasteiger partial charge in [-0.25, -0.2) is 9.67 Å². The van der Waals surface area contributed by atoms with E-state index in [4.69, 9.17) is 0 Å². The number of piperidine rings is 1. The Bertz CT molecular complexity index is 727. The van der Waals surface area contributed by atoms with Crippen LogP contribution in [0.3, 0.4) is 0 Å². The number of hydrogen-bond donors (Lipinski definition) is 1. The SMILES string of the molecule is CCCC(=O)NC1CCCN(C(=O)c2ccc(Cn3cncn3)cc2)C1. The first-order chi connectivity index (χ1) is 12.7. The van der Waals surface area contributed by atoms with E-state index in [0.29, 0.717) is 25.1 Å². The van der Waals surface area contributed by atoms with Gasteiger partial charge in [-0.15, -0.1) is 0 Å². The molecule has 7 nitrogen and oxygen atoms in total. The summed E-state index contributed by atoms with van der Waals surface area (Å²) in [5.41, 5.74) is 1.74. The normalized spacial score (nSPS) is 17.1. The van der Waals surface area contributed by atoms with Gasteiger partial charge in [0.2, 0.25) is 5.91 Å². The molecule has 0 bridgehead atoms. The van der Waals surface area contributed by atoms with E-state index in [0.717, 1.165) is 31.4 Å². The van der Waals surface area contributed by atoms with Gasteiger partial charge in [-0.3, -0.25) is 9.59 Å². The molecule has 1 aliphatic heterocycles. The lowest BCUT2D eigenvalue weighted by Crippen LogP contribution is -2.49. The van der Waals surface area contributed by atoms with Gasteiger partial charge in [-0.05, 0) is 37.0 Å². The second kappa shape index (κ2) is 8.60. The molecular formula is C19H25N5O2. The Labute approximate surface area is 153 Å². The molecule has 2 heterocycles. The van der Waals surface area contributed by atoms with Crippen molar-refractivity contribution < 1.29 is 9.59 Å². The van der Waals surface area contributed by atoms with E-state index in [1.54, 1.807) is 11.0 Å². The summed E-state index contributed by atoms with van der Waals surface area (Å²) in [7, 11) is 0. The third-order valence-electron chi connectivity index (χ3n) is 4.56. The third-order valence-corrected chi connectivity index (χ3v) is 4.56. The number of likely N-dealkylation sites (tertiary alicyclic amines) is 1. The second-order valence-electron chi connectivity index (χ2n) is 6.70. The minimum Gasteiger partial charge on any atom is -0.352 e. The molecule has 0 radical (unpaired) electrons. The highest BCUT2D eigenvalue weighted by atomic mass is 16.2. The number of carbonyl (C=O) groups excluding carboxylic acids is 2. The number of hydrogen-bond acceptors (Lipinski definition) is 4. The molecule has 1 atom stereocenters. The minimum atomic E-state index is 0.0201. The van der Waals surface area contributed by atoms with Crippen LogP contribution in [0.1, 0.15) is 48.5 Å². The fraction of sp³-hybridized carbons (Fsp3) is 0.474. The second-order valence-corrected chi connectivity index (χ2v) is 6.70. The van der Waals surface area contributed by atoms with Gasteiger partial charge >= 0.3 is 0 Å². The van der Waals surface area contributed by atoms with E-state index >= 15 is 0 Å². The molecule has 1 aliphatic rings. The minimum absolute atomic E-state index is 0.0201. The molecule has 1 saturated heterocycles. The van der Waals surface area contributed by atoms with Crippen LogP contribution in [0.15, 0.2) is 36.9 Å². The lowest BCUT2D eigenvalue weighted by molar-refractivity contribution is -0.122. The Kier molecular flexibility index (Phi) is 5.99. The molecule has 3 rings (SSSR count). The number of benzene rings is 1. The average Bonchev–Trinajstić information content (AvgIpc) is 3.15. The van der Waals surface area contributed by atoms with Crippen molar-refractivity contribution in [2.45, 2.75) is 45.2 Å². The standard InChI is InChI=1S/C19H25N5O2/c1-2-4-18(25)22-17-5-3-10-23(12-17)19(26)16-8-6-15(7-9-16)11-24-14-20-13-21-24/h6-9,13-14,17H,2-5,10-12H2,1H3,(H,22,25). The van der Waals surface area contributed by atoms with Gasteiger partial charge in [0.15, 0.2) is 0 Å². The van der Waals surface area contributed by atoms with Gasteiger partial charge in [-0.2, -0.15) is 5.10 Å². The van der Waals surface area contributed by atoms with E-state index in [-0.39, 0.29) is 17.9 Å². The van der Waals surface area contributed by atoms with Crippen molar-refractivity contribution in [1.82, 2.24) is 25.0 Å². The first kappa shape index (κ1) is 18.1. The molecule has 0 aliphatic carbocycles. The van der Waals surface area contributed by atoms with Gasteiger partial charge in [0.05, 0.1) is 6.54 Å². The molecule has 1 fully saturated rings. The molecule has 1 aromatic carbocycles. The van der Waals surface area contributed by atoms with Gasteiger partial charge in [0, 0.05) is 31.1 Å². The summed E-state index contributed by atoms with van der Waals surface area (Å²) in [6, 6.07) is 7.65. The van der Waals surface area contributed by atoms with Crippen molar-refractivity contribution in [3.63, 3.8) is 0 Å². The average molecular weight is 355 g/mol. The van der Waals surface area contributed by atoms with Crippen molar-refractivity contribution >= 4 is 11.8 Å². The molecule has 0 saturated carbocycles. The Morgan fingerprint density at radius 2 is 2.08 bits per heavy atom. The lowest BCUT2D eigenvalue weighted by Gasteiger charge is -2.33. The maximum absolute atomic E-state index is 12.8. The molecule has 0 spiro atoms. The molecular weight excluding hydrogens is 330 g/mol. The van der Waals surface area contributed by atoms with E-state index in [9.17, 15) is 9.59 Å². The van der Waals surface area contributed by atoms with Gasteiger partial charge in [-0.1, -0.05) is 19.1 Å². The van der Waals surface area contributed by atoms with Gasteiger partial charge < -0.3 is 10.2 Å². The maximum Gasteiger partial charge on any atom is 0.253 e. The zero-order chi connectivity index (χ0) is 18.4. The van der Waals surface area contributed by atoms with Crippen LogP contribution in [0.25, 0.3) is 0 Å². The summed E-state index contributed by atoms with van der Waals surface area (Å²) < 4.78 is 1.74. The fourth-order valence-electron chi connectivity index (χ4n) is 3.24. The molecule has 1 unspecified atom stereocenters. The number of rotatable bonds is 6. The number of carbonyl (C=O) groups is 2.